The van der Waals surface area contributed by atoms with Crippen molar-refractivity contribution in [3.05, 3.63) is 24.0 Å². The predicted molar refractivity (Wildman–Crippen MR) is 85.0 cm³/mol. The summed E-state index contributed by atoms with van der Waals surface area (Å²) in [6.45, 7) is 2.17. The van der Waals surface area contributed by atoms with E-state index in [0.29, 0.717) is 17.4 Å². The van der Waals surface area contributed by atoms with E-state index in [1.165, 1.54) is 31.5 Å². The van der Waals surface area contributed by atoms with Crippen LogP contribution in [-0.4, -0.2) is 50.2 Å². The first kappa shape index (κ1) is 13.1. The molecule has 1 aromatic carbocycles. The first-order valence-corrected chi connectivity index (χ1v) is 8.32. The first-order chi connectivity index (χ1) is 10.7. The minimum absolute atomic E-state index is 0.518. The highest BCUT2D eigenvalue weighted by atomic mass is 16.4. The van der Waals surface area contributed by atoms with Gasteiger partial charge in [0, 0.05) is 31.1 Å². The number of likely N-dealkylation sites (tertiary alicyclic amines) is 1. The lowest BCUT2D eigenvalue weighted by molar-refractivity contribution is 0.108. The Labute approximate surface area is 129 Å². The van der Waals surface area contributed by atoms with E-state index >= 15 is 0 Å². The standard InChI is InChI=1S/C16H20BN3O2/c21-17(22)11-4-5-15-14(7-11)18-16-10-6-13(9-20(15)16)19(8-10)12-2-1-3-12/h4-5,7,10,12-13,21-22H,1-3,6,8-9H2. The molecule has 0 amide bonds. The molecule has 1 aromatic heterocycles. The second-order valence-corrected chi connectivity index (χ2v) is 7.07. The number of imidazole rings is 1. The lowest BCUT2D eigenvalue weighted by Crippen LogP contribution is -2.44. The van der Waals surface area contributed by atoms with E-state index < -0.39 is 7.12 Å². The van der Waals surface area contributed by atoms with Crippen LogP contribution in [-0.2, 0) is 6.54 Å². The normalized spacial score (nSPS) is 27.9. The molecule has 1 aliphatic carbocycles. The Morgan fingerprint density at radius 3 is 2.73 bits per heavy atom. The molecule has 2 aliphatic heterocycles. The zero-order valence-corrected chi connectivity index (χ0v) is 12.5. The van der Waals surface area contributed by atoms with E-state index in [0.717, 1.165) is 30.2 Å². The summed E-state index contributed by atoms with van der Waals surface area (Å²) in [4.78, 5) is 7.55. The van der Waals surface area contributed by atoms with E-state index in [1.807, 2.05) is 12.1 Å². The van der Waals surface area contributed by atoms with Gasteiger partial charge in [0.05, 0.1) is 11.0 Å². The summed E-state index contributed by atoms with van der Waals surface area (Å²) in [5, 5.41) is 18.7. The Hall–Kier alpha value is -1.37. The molecule has 2 aromatic rings. The van der Waals surface area contributed by atoms with Gasteiger partial charge in [-0.1, -0.05) is 12.5 Å². The summed E-state index contributed by atoms with van der Waals surface area (Å²) in [5.41, 5.74) is 2.54. The molecule has 0 spiro atoms. The Bertz CT molecular complexity index is 740. The second-order valence-electron chi connectivity index (χ2n) is 7.07. The highest BCUT2D eigenvalue weighted by Crippen LogP contribution is 2.42. The maximum Gasteiger partial charge on any atom is 0.488 e. The van der Waals surface area contributed by atoms with Gasteiger partial charge < -0.3 is 14.6 Å². The van der Waals surface area contributed by atoms with Crippen LogP contribution in [0.3, 0.4) is 0 Å². The summed E-state index contributed by atoms with van der Waals surface area (Å²) in [5.74, 6) is 1.73. The fraction of sp³-hybridized carbons (Fsp3) is 0.562. The minimum atomic E-state index is -1.42. The molecule has 2 atom stereocenters. The maximum atomic E-state index is 9.33. The van der Waals surface area contributed by atoms with Crippen LogP contribution in [0.4, 0.5) is 0 Å². The molecule has 1 saturated carbocycles. The molecule has 0 radical (unpaired) electrons. The molecule has 1 saturated heterocycles. The molecule has 5 rings (SSSR count). The molecule has 22 heavy (non-hydrogen) atoms. The van der Waals surface area contributed by atoms with Crippen LogP contribution in [0.1, 0.15) is 37.4 Å². The molecular formula is C16H20BN3O2. The lowest BCUT2D eigenvalue weighted by atomic mass is 9.80. The Kier molecular flexibility index (Phi) is 2.72. The minimum Gasteiger partial charge on any atom is -0.423 e. The van der Waals surface area contributed by atoms with Gasteiger partial charge in [0.15, 0.2) is 0 Å². The van der Waals surface area contributed by atoms with Gasteiger partial charge in [-0.05, 0) is 36.9 Å². The van der Waals surface area contributed by atoms with E-state index in [-0.39, 0.29) is 0 Å². The van der Waals surface area contributed by atoms with Crippen molar-refractivity contribution in [3.63, 3.8) is 0 Å². The number of nitrogens with zero attached hydrogens (tertiary/aromatic N) is 3. The van der Waals surface area contributed by atoms with Crippen LogP contribution in [0.2, 0.25) is 0 Å². The third-order valence-corrected chi connectivity index (χ3v) is 5.86. The molecule has 2 N–H and O–H groups in total. The highest BCUT2D eigenvalue weighted by molar-refractivity contribution is 6.58. The van der Waals surface area contributed by atoms with Gasteiger partial charge in [-0.3, -0.25) is 4.90 Å². The van der Waals surface area contributed by atoms with Crippen molar-refractivity contribution in [2.24, 2.45) is 0 Å². The van der Waals surface area contributed by atoms with Gasteiger partial charge in [0.25, 0.3) is 0 Å². The summed E-state index contributed by atoms with van der Waals surface area (Å²) < 4.78 is 2.36. The molecule has 3 heterocycles. The fourth-order valence-corrected chi connectivity index (χ4v) is 4.51. The molecule has 5 nitrogen and oxygen atoms in total. The molecule has 2 unspecified atom stereocenters. The first-order valence-electron chi connectivity index (χ1n) is 8.32. The largest absolute Gasteiger partial charge is 0.488 e. The smallest absolute Gasteiger partial charge is 0.423 e. The summed E-state index contributed by atoms with van der Waals surface area (Å²) in [6.07, 6.45) is 5.35. The average molecular weight is 297 g/mol. The monoisotopic (exact) mass is 297 g/mol. The van der Waals surface area contributed by atoms with Crippen molar-refractivity contribution in [2.45, 2.75) is 50.2 Å². The van der Waals surface area contributed by atoms with Crippen molar-refractivity contribution >= 4 is 23.6 Å². The molecule has 114 valence electrons. The average Bonchev–Trinajstić information content (AvgIpc) is 2.98. The van der Waals surface area contributed by atoms with Crippen molar-refractivity contribution in [2.75, 3.05) is 6.54 Å². The number of benzene rings is 1. The van der Waals surface area contributed by atoms with Gasteiger partial charge in [0.1, 0.15) is 5.82 Å². The SMILES string of the molecule is OB(O)c1ccc2c(c1)nc1n2CC2CC1CN2C1CCC1. The number of rotatable bonds is 2. The molecule has 3 aliphatic rings. The van der Waals surface area contributed by atoms with Crippen LogP contribution >= 0.6 is 0 Å². The van der Waals surface area contributed by atoms with E-state index in [1.54, 1.807) is 6.07 Å². The maximum absolute atomic E-state index is 9.33. The zero-order valence-electron chi connectivity index (χ0n) is 12.5. The summed E-state index contributed by atoms with van der Waals surface area (Å²) >= 11 is 0. The van der Waals surface area contributed by atoms with Gasteiger partial charge in [-0.25, -0.2) is 4.98 Å². The van der Waals surface area contributed by atoms with Crippen LogP contribution in [0, 0.1) is 0 Å². The third-order valence-electron chi connectivity index (χ3n) is 5.86. The quantitative estimate of drug-likeness (QED) is 0.790. The van der Waals surface area contributed by atoms with E-state index in [2.05, 4.69) is 9.47 Å². The van der Waals surface area contributed by atoms with E-state index in [9.17, 15) is 10.0 Å². The number of aromatic nitrogens is 2. The van der Waals surface area contributed by atoms with Crippen molar-refractivity contribution < 1.29 is 10.0 Å². The van der Waals surface area contributed by atoms with Crippen molar-refractivity contribution in [1.82, 2.24) is 14.5 Å². The summed E-state index contributed by atoms with van der Waals surface area (Å²) in [6, 6.07) is 7.05. The number of hydrogen-bond donors (Lipinski definition) is 2. The van der Waals surface area contributed by atoms with Crippen molar-refractivity contribution in [1.29, 1.82) is 0 Å². The van der Waals surface area contributed by atoms with Gasteiger partial charge >= 0.3 is 7.12 Å². The highest BCUT2D eigenvalue weighted by Gasteiger charge is 2.44. The van der Waals surface area contributed by atoms with Gasteiger partial charge in [-0.15, -0.1) is 0 Å². The molecule has 2 bridgehead atoms. The molecule has 2 fully saturated rings. The fourth-order valence-electron chi connectivity index (χ4n) is 4.51. The zero-order chi connectivity index (χ0) is 14.8. The predicted octanol–water partition coefficient (Wildman–Crippen LogP) is 0.440. The second kappa shape index (κ2) is 4.57. The Balaban J connectivity index is 1.54. The summed E-state index contributed by atoms with van der Waals surface area (Å²) in [7, 11) is -1.42. The Morgan fingerprint density at radius 2 is 2.00 bits per heavy atom. The molecular weight excluding hydrogens is 277 g/mol. The molecule has 6 heteroatoms. The van der Waals surface area contributed by atoms with Crippen LogP contribution < -0.4 is 5.46 Å². The van der Waals surface area contributed by atoms with Gasteiger partial charge in [-0.2, -0.15) is 0 Å². The van der Waals surface area contributed by atoms with Crippen LogP contribution in [0.25, 0.3) is 11.0 Å². The number of hydrogen-bond acceptors (Lipinski definition) is 4. The van der Waals surface area contributed by atoms with E-state index in [4.69, 9.17) is 4.98 Å². The lowest BCUT2D eigenvalue weighted by Gasteiger charge is -2.38. The van der Waals surface area contributed by atoms with Crippen LogP contribution in [0.5, 0.6) is 0 Å². The third kappa shape index (κ3) is 1.74. The Morgan fingerprint density at radius 1 is 1.14 bits per heavy atom. The topological polar surface area (TPSA) is 61.5 Å². The van der Waals surface area contributed by atoms with Crippen LogP contribution in [0.15, 0.2) is 18.2 Å². The number of fused-ring (bicyclic) bond motifs is 6. The van der Waals surface area contributed by atoms with Gasteiger partial charge in [0.2, 0.25) is 0 Å². The van der Waals surface area contributed by atoms with Crippen molar-refractivity contribution in [3.8, 4) is 0 Å².